The predicted molar refractivity (Wildman–Crippen MR) is 78.9 cm³/mol. The van der Waals surface area contributed by atoms with Crippen molar-refractivity contribution < 1.29 is 14.7 Å². The summed E-state index contributed by atoms with van der Waals surface area (Å²) in [7, 11) is 0. The van der Waals surface area contributed by atoms with Crippen LogP contribution in [0, 0.1) is 0 Å². The van der Waals surface area contributed by atoms with Crippen LogP contribution in [0.3, 0.4) is 0 Å². The molecule has 0 unspecified atom stereocenters. The summed E-state index contributed by atoms with van der Waals surface area (Å²) in [5.74, 6) is -0.994. The van der Waals surface area contributed by atoms with Gasteiger partial charge in [-0.05, 0) is 38.0 Å². The normalized spacial score (nSPS) is 10.6. The number of nitrogens with zero attached hydrogens (tertiary/aromatic N) is 1. The van der Waals surface area contributed by atoms with Gasteiger partial charge in [0.1, 0.15) is 0 Å². The summed E-state index contributed by atoms with van der Waals surface area (Å²) in [4.78, 5) is 24.7. The van der Waals surface area contributed by atoms with Crippen LogP contribution in [-0.4, -0.2) is 34.5 Å². The molecule has 0 aliphatic carbocycles. The van der Waals surface area contributed by atoms with Gasteiger partial charge < -0.3 is 10.0 Å². The Bertz CT molecular complexity index is 451. The predicted octanol–water partition coefficient (Wildman–Crippen LogP) is 2.96. The topological polar surface area (TPSA) is 57.6 Å². The first kappa shape index (κ1) is 16.2. The molecule has 0 bridgehead atoms. The quantitative estimate of drug-likeness (QED) is 0.833. The molecular weight excluding hydrogens is 254 g/mol. The molecule has 1 amide bonds. The highest BCUT2D eigenvalue weighted by atomic mass is 16.4. The maximum Gasteiger partial charge on any atom is 0.305 e. The van der Waals surface area contributed by atoms with E-state index in [0.29, 0.717) is 5.56 Å². The lowest BCUT2D eigenvalue weighted by atomic mass is 10.1. The average molecular weight is 277 g/mol. The van der Waals surface area contributed by atoms with Gasteiger partial charge in [0.15, 0.2) is 0 Å². The molecule has 0 saturated carbocycles. The van der Waals surface area contributed by atoms with E-state index in [1.54, 1.807) is 4.90 Å². The van der Waals surface area contributed by atoms with Crippen LogP contribution in [0.15, 0.2) is 24.3 Å². The van der Waals surface area contributed by atoms with Crippen molar-refractivity contribution in [2.24, 2.45) is 0 Å². The minimum atomic E-state index is -0.887. The van der Waals surface area contributed by atoms with Crippen molar-refractivity contribution in [3.8, 4) is 0 Å². The van der Waals surface area contributed by atoms with Gasteiger partial charge in [0, 0.05) is 18.2 Å². The first-order valence-corrected chi connectivity index (χ1v) is 7.07. The molecule has 1 N–H and O–H groups in total. The maximum atomic E-state index is 12.4. The maximum absolute atomic E-state index is 12.4. The zero-order chi connectivity index (χ0) is 15.1. The van der Waals surface area contributed by atoms with Crippen LogP contribution in [0.2, 0.25) is 0 Å². The molecule has 1 aromatic carbocycles. The summed E-state index contributed by atoms with van der Waals surface area (Å²) in [5.41, 5.74) is 1.83. The van der Waals surface area contributed by atoms with Crippen LogP contribution >= 0.6 is 0 Å². The Morgan fingerprint density at radius 2 is 1.80 bits per heavy atom. The van der Waals surface area contributed by atoms with E-state index < -0.39 is 5.97 Å². The van der Waals surface area contributed by atoms with Crippen molar-refractivity contribution in [1.82, 2.24) is 4.90 Å². The Morgan fingerprint density at radius 1 is 1.20 bits per heavy atom. The fourth-order valence-corrected chi connectivity index (χ4v) is 2.08. The van der Waals surface area contributed by atoms with E-state index in [1.165, 1.54) is 5.56 Å². The molecule has 0 aromatic heterocycles. The highest BCUT2D eigenvalue weighted by Crippen LogP contribution is 2.12. The summed E-state index contributed by atoms with van der Waals surface area (Å²) in [5, 5.41) is 8.75. The van der Waals surface area contributed by atoms with Crippen molar-refractivity contribution >= 4 is 11.9 Å². The van der Waals surface area contributed by atoms with Gasteiger partial charge in [-0.1, -0.05) is 25.5 Å². The Balaban J connectivity index is 2.80. The van der Waals surface area contributed by atoms with Crippen LogP contribution < -0.4 is 0 Å². The smallest absolute Gasteiger partial charge is 0.305 e. The van der Waals surface area contributed by atoms with Gasteiger partial charge in [0.25, 0.3) is 5.91 Å². The second-order valence-corrected chi connectivity index (χ2v) is 5.18. The first-order valence-electron chi connectivity index (χ1n) is 7.07. The molecule has 0 spiro atoms. The molecular formula is C16H23NO3. The lowest BCUT2D eigenvalue weighted by molar-refractivity contribution is -0.137. The van der Waals surface area contributed by atoms with E-state index >= 15 is 0 Å². The lowest BCUT2D eigenvalue weighted by Crippen LogP contribution is -2.38. The largest absolute Gasteiger partial charge is 0.481 e. The van der Waals surface area contributed by atoms with E-state index in [1.807, 2.05) is 38.1 Å². The summed E-state index contributed by atoms with van der Waals surface area (Å²) < 4.78 is 0. The summed E-state index contributed by atoms with van der Waals surface area (Å²) in [6.45, 7) is 6.14. The number of carboxylic acids is 1. The van der Waals surface area contributed by atoms with Gasteiger partial charge >= 0.3 is 5.97 Å². The summed E-state index contributed by atoms with van der Waals surface area (Å²) >= 11 is 0. The first-order chi connectivity index (χ1) is 9.45. The van der Waals surface area contributed by atoms with Crippen molar-refractivity contribution in [2.45, 2.75) is 46.1 Å². The van der Waals surface area contributed by atoms with E-state index in [9.17, 15) is 9.59 Å². The molecule has 0 atom stereocenters. The number of aliphatic carboxylic acids is 1. The van der Waals surface area contributed by atoms with Crippen molar-refractivity contribution in [3.63, 3.8) is 0 Å². The van der Waals surface area contributed by atoms with Gasteiger partial charge in [0.05, 0.1) is 6.42 Å². The number of amides is 1. The molecule has 0 saturated heterocycles. The number of rotatable bonds is 7. The van der Waals surface area contributed by atoms with Crippen LogP contribution in [0.5, 0.6) is 0 Å². The Kier molecular flexibility index (Phi) is 6.22. The zero-order valence-corrected chi connectivity index (χ0v) is 12.4. The molecule has 1 rings (SSSR count). The average Bonchev–Trinajstić information content (AvgIpc) is 2.39. The molecule has 1 aromatic rings. The molecule has 20 heavy (non-hydrogen) atoms. The van der Waals surface area contributed by atoms with Crippen LogP contribution in [0.1, 0.15) is 49.5 Å². The second-order valence-electron chi connectivity index (χ2n) is 5.18. The number of carbonyl (C=O) groups excluding carboxylic acids is 1. The highest BCUT2D eigenvalue weighted by Gasteiger charge is 2.19. The third-order valence-electron chi connectivity index (χ3n) is 3.19. The highest BCUT2D eigenvalue weighted by molar-refractivity contribution is 5.94. The van der Waals surface area contributed by atoms with Gasteiger partial charge in [0.2, 0.25) is 0 Å². The Hall–Kier alpha value is -1.84. The third-order valence-corrected chi connectivity index (χ3v) is 3.19. The second kappa shape index (κ2) is 7.68. The Morgan fingerprint density at radius 3 is 2.25 bits per heavy atom. The van der Waals surface area contributed by atoms with Crippen molar-refractivity contribution in [2.75, 3.05) is 6.54 Å². The van der Waals surface area contributed by atoms with E-state index in [-0.39, 0.29) is 24.9 Å². The molecule has 0 aliphatic heterocycles. The zero-order valence-electron chi connectivity index (χ0n) is 12.4. The third kappa shape index (κ3) is 4.68. The minimum absolute atomic E-state index is 0.0165. The molecule has 110 valence electrons. The van der Waals surface area contributed by atoms with E-state index in [2.05, 4.69) is 6.92 Å². The van der Waals surface area contributed by atoms with E-state index in [0.717, 1.165) is 12.8 Å². The molecule has 4 nitrogen and oxygen atoms in total. The van der Waals surface area contributed by atoms with Crippen LogP contribution in [-0.2, 0) is 11.2 Å². The lowest BCUT2D eigenvalue weighted by Gasteiger charge is -2.26. The molecule has 0 aliphatic rings. The molecule has 4 heteroatoms. The van der Waals surface area contributed by atoms with Gasteiger partial charge in [-0.3, -0.25) is 9.59 Å². The van der Waals surface area contributed by atoms with Gasteiger partial charge in [-0.25, -0.2) is 0 Å². The van der Waals surface area contributed by atoms with Crippen LogP contribution in [0.4, 0.5) is 0 Å². The molecule has 0 heterocycles. The summed E-state index contributed by atoms with van der Waals surface area (Å²) in [6.07, 6.45) is 2.04. The monoisotopic (exact) mass is 277 g/mol. The number of carboxylic acid groups (broad SMARTS) is 1. The number of aryl methyl sites for hydroxylation is 1. The minimum Gasteiger partial charge on any atom is -0.481 e. The van der Waals surface area contributed by atoms with Crippen LogP contribution in [0.25, 0.3) is 0 Å². The number of hydrogen-bond acceptors (Lipinski definition) is 2. The summed E-state index contributed by atoms with van der Waals surface area (Å²) in [6, 6.07) is 7.56. The SMILES string of the molecule is CCCc1ccc(C(=O)N(CCC(=O)O)C(C)C)cc1. The van der Waals surface area contributed by atoms with Crippen molar-refractivity contribution in [3.05, 3.63) is 35.4 Å². The van der Waals surface area contributed by atoms with Crippen molar-refractivity contribution in [1.29, 1.82) is 0 Å². The fraction of sp³-hybridized carbons (Fsp3) is 0.500. The fourth-order valence-electron chi connectivity index (χ4n) is 2.08. The molecule has 0 radical (unpaired) electrons. The standard InChI is InChI=1S/C16H23NO3/c1-4-5-13-6-8-14(9-7-13)16(20)17(12(2)3)11-10-15(18)19/h6-9,12H,4-5,10-11H2,1-3H3,(H,18,19). The van der Waals surface area contributed by atoms with Gasteiger partial charge in [-0.15, -0.1) is 0 Å². The number of hydrogen-bond donors (Lipinski definition) is 1. The number of benzene rings is 1. The van der Waals surface area contributed by atoms with Gasteiger partial charge in [-0.2, -0.15) is 0 Å². The number of carbonyl (C=O) groups is 2. The Labute approximate surface area is 120 Å². The molecule has 0 fully saturated rings. The van der Waals surface area contributed by atoms with E-state index in [4.69, 9.17) is 5.11 Å².